The van der Waals surface area contributed by atoms with Crippen molar-refractivity contribution in [2.75, 3.05) is 13.1 Å². The van der Waals surface area contributed by atoms with Crippen molar-refractivity contribution in [3.8, 4) is 0 Å². The molecule has 6 heteroatoms. The summed E-state index contributed by atoms with van der Waals surface area (Å²) in [5, 5.41) is 4.60. The lowest BCUT2D eigenvalue weighted by Crippen LogP contribution is -2.34. The van der Waals surface area contributed by atoms with Gasteiger partial charge in [-0.1, -0.05) is 47.5 Å². The summed E-state index contributed by atoms with van der Waals surface area (Å²) in [6, 6.07) is 0.134. The van der Waals surface area contributed by atoms with E-state index in [1.165, 1.54) is 0 Å². The minimum Gasteiger partial charge on any atom is -0.269 e. The minimum atomic E-state index is -3.52. The quantitative estimate of drug-likeness (QED) is 0.660. The van der Waals surface area contributed by atoms with Crippen molar-refractivity contribution in [2.24, 2.45) is 0 Å². The molecule has 0 aliphatic carbocycles. The monoisotopic (exact) mass is 357 g/mol. The van der Waals surface area contributed by atoms with E-state index < -0.39 is 10.0 Å². The van der Waals surface area contributed by atoms with Crippen molar-refractivity contribution in [3.05, 3.63) is 11.9 Å². The van der Waals surface area contributed by atoms with Crippen LogP contribution in [0.2, 0.25) is 0 Å². The van der Waals surface area contributed by atoms with Crippen molar-refractivity contribution in [1.82, 2.24) is 14.1 Å². The molecule has 0 saturated heterocycles. The van der Waals surface area contributed by atoms with Gasteiger partial charge in [-0.25, -0.2) is 8.42 Å². The SMILES string of the molecule is CCCCN(CCCC)S(=O)(=O)c1cn(C(C)C)nc1C(C)(C)C. The van der Waals surface area contributed by atoms with E-state index in [9.17, 15) is 8.42 Å². The maximum Gasteiger partial charge on any atom is 0.246 e. The van der Waals surface area contributed by atoms with Gasteiger partial charge < -0.3 is 0 Å². The van der Waals surface area contributed by atoms with Crippen LogP contribution in [0.15, 0.2) is 11.1 Å². The Kier molecular flexibility index (Phi) is 7.47. The summed E-state index contributed by atoms with van der Waals surface area (Å²) in [6.07, 6.45) is 5.44. The van der Waals surface area contributed by atoms with Gasteiger partial charge >= 0.3 is 0 Å². The molecule has 0 amide bonds. The second-order valence-electron chi connectivity index (χ2n) is 7.78. The zero-order valence-electron chi connectivity index (χ0n) is 16.5. The Morgan fingerprint density at radius 2 is 1.62 bits per heavy atom. The average Bonchev–Trinajstić information content (AvgIpc) is 2.93. The molecule has 0 saturated carbocycles. The number of rotatable bonds is 9. The molecule has 0 fully saturated rings. The first-order valence-corrected chi connectivity index (χ1v) is 10.6. The van der Waals surface area contributed by atoms with Crippen LogP contribution in [0, 0.1) is 0 Å². The number of hydrogen-bond donors (Lipinski definition) is 0. The van der Waals surface area contributed by atoms with Gasteiger partial charge in [0, 0.05) is 30.7 Å². The number of nitrogens with zero attached hydrogens (tertiary/aromatic N) is 3. The Balaban J connectivity index is 3.36. The summed E-state index contributed by atoms with van der Waals surface area (Å²) in [7, 11) is -3.52. The fourth-order valence-electron chi connectivity index (χ4n) is 2.51. The van der Waals surface area contributed by atoms with E-state index in [1.54, 1.807) is 15.2 Å². The van der Waals surface area contributed by atoms with Crippen LogP contribution in [0.5, 0.6) is 0 Å². The molecule has 0 bridgehead atoms. The number of sulfonamides is 1. The highest BCUT2D eigenvalue weighted by Gasteiger charge is 2.33. The number of aromatic nitrogens is 2. The second kappa shape index (κ2) is 8.48. The summed E-state index contributed by atoms with van der Waals surface area (Å²) < 4.78 is 30.1. The fraction of sp³-hybridized carbons (Fsp3) is 0.833. The van der Waals surface area contributed by atoms with E-state index in [0.717, 1.165) is 25.7 Å². The van der Waals surface area contributed by atoms with Gasteiger partial charge in [-0.05, 0) is 26.7 Å². The Morgan fingerprint density at radius 1 is 1.12 bits per heavy atom. The third-order valence-corrected chi connectivity index (χ3v) is 5.98. The molecule has 0 spiro atoms. The first-order chi connectivity index (χ1) is 11.1. The molecule has 0 radical (unpaired) electrons. The number of hydrogen-bond acceptors (Lipinski definition) is 3. The van der Waals surface area contributed by atoms with Crippen molar-refractivity contribution in [3.63, 3.8) is 0 Å². The van der Waals surface area contributed by atoms with Crippen molar-refractivity contribution in [2.45, 2.75) is 90.5 Å². The van der Waals surface area contributed by atoms with Crippen molar-refractivity contribution < 1.29 is 8.42 Å². The summed E-state index contributed by atoms with van der Waals surface area (Å²) >= 11 is 0. The van der Waals surface area contributed by atoms with Crippen LogP contribution in [-0.4, -0.2) is 35.6 Å². The van der Waals surface area contributed by atoms with Crippen LogP contribution >= 0.6 is 0 Å². The third-order valence-electron chi connectivity index (χ3n) is 4.08. The summed E-state index contributed by atoms with van der Waals surface area (Å²) in [6.45, 7) is 15.4. The maximum absolute atomic E-state index is 13.3. The van der Waals surface area contributed by atoms with Crippen LogP contribution in [0.4, 0.5) is 0 Å². The Morgan fingerprint density at radius 3 is 2.00 bits per heavy atom. The Bertz CT molecular complexity index is 605. The number of unbranched alkanes of at least 4 members (excludes halogenated alkanes) is 2. The molecular formula is C18H35N3O2S. The molecule has 1 aromatic heterocycles. The van der Waals surface area contributed by atoms with E-state index in [2.05, 4.69) is 18.9 Å². The van der Waals surface area contributed by atoms with E-state index >= 15 is 0 Å². The first-order valence-electron chi connectivity index (χ1n) is 9.15. The fourth-order valence-corrected chi connectivity index (χ4v) is 4.36. The predicted molar refractivity (Wildman–Crippen MR) is 99.9 cm³/mol. The molecule has 0 N–H and O–H groups in total. The molecule has 1 rings (SSSR count). The topological polar surface area (TPSA) is 55.2 Å². The van der Waals surface area contributed by atoms with E-state index in [0.29, 0.717) is 23.7 Å². The minimum absolute atomic E-state index is 0.134. The lowest BCUT2D eigenvalue weighted by atomic mass is 9.92. The van der Waals surface area contributed by atoms with Crippen LogP contribution in [0.25, 0.3) is 0 Å². The average molecular weight is 358 g/mol. The van der Waals surface area contributed by atoms with Crippen LogP contribution in [-0.2, 0) is 15.4 Å². The largest absolute Gasteiger partial charge is 0.269 e. The van der Waals surface area contributed by atoms with Gasteiger partial charge in [0.2, 0.25) is 10.0 Å². The predicted octanol–water partition coefficient (Wildman–Crippen LogP) is 4.35. The lowest BCUT2D eigenvalue weighted by molar-refractivity contribution is 0.393. The van der Waals surface area contributed by atoms with Gasteiger partial charge in [-0.2, -0.15) is 9.40 Å². The highest BCUT2D eigenvalue weighted by molar-refractivity contribution is 7.89. The lowest BCUT2D eigenvalue weighted by Gasteiger charge is -2.24. The maximum atomic E-state index is 13.3. The molecular weight excluding hydrogens is 322 g/mol. The molecule has 5 nitrogen and oxygen atoms in total. The Hall–Kier alpha value is -0.880. The zero-order chi connectivity index (χ0) is 18.5. The summed E-state index contributed by atoms with van der Waals surface area (Å²) in [5.41, 5.74) is 0.346. The van der Waals surface area contributed by atoms with Gasteiger partial charge in [0.05, 0.1) is 5.69 Å². The molecule has 0 unspecified atom stereocenters. The van der Waals surface area contributed by atoms with Gasteiger partial charge in [0.1, 0.15) is 4.90 Å². The molecule has 0 aromatic carbocycles. The zero-order valence-corrected chi connectivity index (χ0v) is 17.3. The van der Waals surface area contributed by atoms with Gasteiger partial charge in [0.25, 0.3) is 0 Å². The standard InChI is InChI=1S/C18H35N3O2S/c1-8-10-12-20(13-11-9-2)24(22,23)16-14-21(15(3)4)19-17(16)18(5,6)7/h14-15H,8-13H2,1-7H3. The third kappa shape index (κ3) is 5.06. The molecule has 1 aromatic rings. The molecule has 140 valence electrons. The highest BCUT2D eigenvalue weighted by Crippen LogP contribution is 2.30. The molecule has 1 heterocycles. The van der Waals surface area contributed by atoms with Gasteiger partial charge in [0.15, 0.2) is 0 Å². The van der Waals surface area contributed by atoms with Crippen LogP contribution < -0.4 is 0 Å². The van der Waals surface area contributed by atoms with Crippen LogP contribution in [0.3, 0.4) is 0 Å². The van der Waals surface area contributed by atoms with Crippen LogP contribution in [0.1, 0.15) is 85.9 Å². The van der Waals surface area contributed by atoms with Crippen molar-refractivity contribution >= 4 is 10.0 Å². The summed E-state index contributed by atoms with van der Waals surface area (Å²) in [4.78, 5) is 0.371. The summed E-state index contributed by atoms with van der Waals surface area (Å²) in [5.74, 6) is 0. The van der Waals surface area contributed by atoms with E-state index in [-0.39, 0.29) is 11.5 Å². The highest BCUT2D eigenvalue weighted by atomic mass is 32.2. The normalized spacial score (nSPS) is 13.2. The first kappa shape index (κ1) is 21.2. The van der Waals surface area contributed by atoms with Crippen molar-refractivity contribution in [1.29, 1.82) is 0 Å². The Labute approximate surface area is 148 Å². The van der Waals surface area contributed by atoms with E-state index in [1.807, 2.05) is 34.6 Å². The molecule has 24 heavy (non-hydrogen) atoms. The van der Waals surface area contributed by atoms with E-state index in [4.69, 9.17) is 0 Å². The van der Waals surface area contributed by atoms with Gasteiger partial charge in [-0.15, -0.1) is 0 Å². The molecule has 0 aliphatic rings. The molecule has 0 aliphatic heterocycles. The molecule has 0 atom stereocenters. The smallest absolute Gasteiger partial charge is 0.246 e. The van der Waals surface area contributed by atoms with Gasteiger partial charge in [-0.3, -0.25) is 4.68 Å². The second-order valence-corrected chi connectivity index (χ2v) is 9.68.